The maximum Gasteiger partial charge on any atom is 0.250 e. The van der Waals surface area contributed by atoms with Gasteiger partial charge in [-0.1, -0.05) is 6.07 Å². The minimum atomic E-state index is -3.70. The molecular formula is C13H13N5O3S3. The minimum absolute atomic E-state index is 0.111. The fraction of sp³-hybridized carbons (Fsp3) is 0.231. The van der Waals surface area contributed by atoms with Crippen molar-refractivity contribution in [2.24, 2.45) is 7.05 Å². The quantitative estimate of drug-likeness (QED) is 0.721. The Morgan fingerprint density at radius 2 is 2.12 bits per heavy atom. The number of sulfone groups is 1. The molecule has 3 aromatic heterocycles. The van der Waals surface area contributed by atoms with E-state index in [2.05, 4.69) is 20.5 Å². The molecule has 3 heterocycles. The molecule has 0 unspecified atom stereocenters. The first-order chi connectivity index (χ1) is 11.4. The summed E-state index contributed by atoms with van der Waals surface area (Å²) < 4.78 is 26.6. The molecule has 0 fully saturated rings. The number of anilines is 1. The van der Waals surface area contributed by atoms with Gasteiger partial charge in [-0.2, -0.15) is 0 Å². The summed E-state index contributed by atoms with van der Waals surface area (Å²) in [6, 6.07) is 3.72. The Balaban J connectivity index is 1.86. The van der Waals surface area contributed by atoms with E-state index >= 15 is 0 Å². The van der Waals surface area contributed by atoms with Crippen molar-refractivity contribution >= 4 is 43.5 Å². The molecule has 11 heteroatoms. The number of amides is 1. The number of nitrogens with one attached hydrogen (secondary N) is 1. The lowest BCUT2D eigenvalue weighted by molar-refractivity contribution is -0.114. The van der Waals surface area contributed by atoms with Crippen LogP contribution < -0.4 is 5.32 Å². The molecule has 0 aliphatic rings. The van der Waals surface area contributed by atoms with Crippen LogP contribution in [0.1, 0.15) is 12.6 Å². The van der Waals surface area contributed by atoms with Crippen molar-refractivity contribution in [2.45, 2.75) is 17.8 Å². The lowest BCUT2D eigenvalue weighted by Gasteiger charge is -2.03. The first kappa shape index (κ1) is 16.7. The van der Waals surface area contributed by atoms with Gasteiger partial charge in [0.05, 0.1) is 10.6 Å². The monoisotopic (exact) mass is 383 g/mol. The third-order valence-corrected chi connectivity index (χ3v) is 6.29. The first-order valence-electron chi connectivity index (χ1n) is 6.75. The molecule has 3 rings (SSSR count). The molecule has 0 aliphatic heterocycles. The van der Waals surface area contributed by atoms with Crippen LogP contribution in [-0.2, 0) is 27.4 Å². The van der Waals surface area contributed by atoms with E-state index in [1.165, 1.54) is 34.2 Å². The lowest BCUT2D eigenvalue weighted by Crippen LogP contribution is -2.12. The van der Waals surface area contributed by atoms with Gasteiger partial charge in [-0.25, -0.2) is 13.4 Å². The van der Waals surface area contributed by atoms with Gasteiger partial charge in [-0.05, 0) is 11.4 Å². The highest BCUT2D eigenvalue weighted by Gasteiger charge is 2.25. The molecule has 3 aromatic rings. The van der Waals surface area contributed by atoms with Crippen LogP contribution in [0, 0.1) is 0 Å². The zero-order valence-corrected chi connectivity index (χ0v) is 15.2. The molecule has 0 spiro atoms. The number of rotatable bonds is 5. The van der Waals surface area contributed by atoms with E-state index in [9.17, 15) is 13.2 Å². The molecule has 0 atom stereocenters. The van der Waals surface area contributed by atoms with Gasteiger partial charge in [0.1, 0.15) is 5.75 Å². The summed E-state index contributed by atoms with van der Waals surface area (Å²) in [5, 5.41) is 14.1. The maximum absolute atomic E-state index is 12.6. The van der Waals surface area contributed by atoms with Crippen molar-refractivity contribution in [3.8, 4) is 10.7 Å². The largest absolute Gasteiger partial charge is 0.302 e. The SMILES string of the molecule is CC(=O)Nc1nc(CS(=O)(=O)c2nnc(-c3cccs3)n2C)cs1. The summed E-state index contributed by atoms with van der Waals surface area (Å²) in [6.45, 7) is 1.36. The average molecular weight is 383 g/mol. The van der Waals surface area contributed by atoms with Crippen LogP contribution in [0.2, 0.25) is 0 Å². The molecule has 0 aromatic carbocycles. The third-order valence-electron chi connectivity index (χ3n) is 3.03. The second-order valence-electron chi connectivity index (χ2n) is 4.93. The van der Waals surface area contributed by atoms with E-state index in [1.54, 1.807) is 12.4 Å². The van der Waals surface area contributed by atoms with Crippen LogP contribution >= 0.6 is 22.7 Å². The van der Waals surface area contributed by atoms with Gasteiger partial charge in [0.15, 0.2) is 11.0 Å². The molecular weight excluding hydrogens is 370 g/mol. The van der Waals surface area contributed by atoms with Crippen molar-refractivity contribution in [3.63, 3.8) is 0 Å². The standard InChI is InChI=1S/C13H13N5O3S3/c1-8(19)14-12-15-9(6-23-12)7-24(20,21)13-17-16-11(18(13)2)10-4-3-5-22-10/h3-6H,7H2,1-2H3,(H,14,15,19). The van der Waals surface area contributed by atoms with Crippen LogP contribution in [-0.4, -0.2) is 34.1 Å². The fourth-order valence-corrected chi connectivity index (χ4v) is 4.99. The number of carbonyl (C=O) groups is 1. The summed E-state index contributed by atoms with van der Waals surface area (Å²) in [7, 11) is -2.09. The Kier molecular flexibility index (Phi) is 4.47. The van der Waals surface area contributed by atoms with Gasteiger partial charge in [0.25, 0.3) is 0 Å². The van der Waals surface area contributed by atoms with Crippen molar-refractivity contribution < 1.29 is 13.2 Å². The highest BCUT2D eigenvalue weighted by molar-refractivity contribution is 7.90. The lowest BCUT2D eigenvalue weighted by atomic mass is 10.4. The van der Waals surface area contributed by atoms with Gasteiger partial charge < -0.3 is 9.88 Å². The summed E-state index contributed by atoms with van der Waals surface area (Å²) in [6.07, 6.45) is 0. The molecule has 8 nitrogen and oxygen atoms in total. The zero-order valence-electron chi connectivity index (χ0n) is 12.8. The number of hydrogen-bond acceptors (Lipinski definition) is 8. The smallest absolute Gasteiger partial charge is 0.250 e. The Bertz CT molecular complexity index is 973. The maximum atomic E-state index is 12.6. The highest BCUT2D eigenvalue weighted by atomic mass is 32.2. The van der Waals surface area contributed by atoms with Crippen molar-refractivity contribution in [1.29, 1.82) is 0 Å². The van der Waals surface area contributed by atoms with Crippen LogP contribution in [0.25, 0.3) is 10.7 Å². The normalized spacial score (nSPS) is 11.6. The molecule has 0 saturated heterocycles. The summed E-state index contributed by atoms with van der Waals surface area (Å²) >= 11 is 2.63. The number of thiazole rings is 1. The second-order valence-corrected chi connectivity index (χ2v) is 8.62. The van der Waals surface area contributed by atoms with E-state index in [0.29, 0.717) is 16.6 Å². The molecule has 0 radical (unpaired) electrons. The molecule has 0 aliphatic carbocycles. The number of thiophene rings is 1. The van der Waals surface area contributed by atoms with E-state index in [4.69, 9.17) is 0 Å². The van der Waals surface area contributed by atoms with E-state index < -0.39 is 9.84 Å². The minimum Gasteiger partial charge on any atom is -0.302 e. The molecule has 126 valence electrons. The summed E-state index contributed by atoms with van der Waals surface area (Å²) in [4.78, 5) is 15.9. The number of carbonyl (C=O) groups excluding carboxylic acids is 1. The fourth-order valence-electron chi connectivity index (χ4n) is 2.05. The topological polar surface area (TPSA) is 107 Å². The molecule has 0 bridgehead atoms. The molecule has 0 saturated carbocycles. The summed E-state index contributed by atoms with van der Waals surface area (Å²) in [5.41, 5.74) is 0.351. The van der Waals surface area contributed by atoms with E-state index in [1.807, 2.05) is 17.5 Å². The van der Waals surface area contributed by atoms with Gasteiger partial charge >= 0.3 is 0 Å². The van der Waals surface area contributed by atoms with Gasteiger partial charge in [0.2, 0.25) is 20.9 Å². The third kappa shape index (κ3) is 3.37. The van der Waals surface area contributed by atoms with Crippen LogP contribution in [0.15, 0.2) is 28.0 Å². The number of hydrogen-bond donors (Lipinski definition) is 1. The Morgan fingerprint density at radius 3 is 2.79 bits per heavy atom. The Morgan fingerprint density at radius 1 is 1.33 bits per heavy atom. The Hall–Kier alpha value is -2.11. The van der Waals surface area contributed by atoms with Crippen LogP contribution in [0.4, 0.5) is 5.13 Å². The highest BCUT2D eigenvalue weighted by Crippen LogP contribution is 2.25. The average Bonchev–Trinajstić information content (AvgIpc) is 3.18. The van der Waals surface area contributed by atoms with Crippen molar-refractivity contribution in [1.82, 2.24) is 19.7 Å². The summed E-state index contributed by atoms with van der Waals surface area (Å²) in [5.74, 6) is -0.0621. The van der Waals surface area contributed by atoms with Crippen LogP contribution in [0.3, 0.4) is 0 Å². The predicted octanol–water partition coefficient (Wildman–Crippen LogP) is 1.93. The zero-order chi connectivity index (χ0) is 17.3. The van der Waals surface area contributed by atoms with Gasteiger partial charge in [0, 0.05) is 19.4 Å². The first-order valence-corrected chi connectivity index (χ1v) is 10.2. The van der Waals surface area contributed by atoms with Gasteiger partial charge in [-0.3, -0.25) is 4.79 Å². The molecule has 1 N–H and O–H groups in total. The van der Waals surface area contributed by atoms with E-state index in [-0.39, 0.29) is 16.8 Å². The molecule has 1 amide bonds. The molecule has 24 heavy (non-hydrogen) atoms. The number of nitrogens with zero attached hydrogens (tertiary/aromatic N) is 4. The van der Waals surface area contributed by atoms with E-state index in [0.717, 1.165) is 4.88 Å². The van der Waals surface area contributed by atoms with Crippen molar-refractivity contribution in [2.75, 3.05) is 5.32 Å². The van der Waals surface area contributed by atoms with Gasteiger partial charge in [-0.15, -0.1) is 32.9 Å². The number of aromatic nitrogens is 4. The predicted molar refractivity (Wildman–Crippen MR) is 91.6 cm³/mol. The Labute approximate surface area is 146 Å². The second kappa shape index (κ2) is 6.42. The van der Waals surface area contributed by atoms with Crippen molar-refractivity contribution in [3.05, 3.63) is 28.6 Å². The van der Waals surface area contributed by atoms with Crippen LogP contribution in [0.5, 0.6) is 0 Å².